The van der Waals surface area contributed by atoms with Crippen LogP contribution in [0.15, 0.2) is 30.6 Å². The second kappa shape index (κ2) is 5.88. The Kier molecular flexibility index (Phi) is 3.65. The van der Waals surface area contributed by atoms with Gasteiger partial charge in [-0.25, -0.2) is 14.4 Å². The van der Waals surface area contributed by atoms with Gasteiger partial charge in [-0.2, -0.15) is 5.26 Å². The highest BCUT2D eigenvalue weighted by Crippen LogP contribution is 2.52. The number of carbonyl (C=O) groups excluding carboxylic acids is 2. The quantitative estimate of drug-likeness (QED) is 0.906. The van der Waals surface area contributed by atoms with E-state index in [0.29, 0.717) is 17.7 Å². The van der Waals surface area contributed by atoms with Gasteiger partial charge in [-0.3, -0.25) is 14.9 Å². The van der Waals surface area contributed by atoms with Crippen molar-refractivity contribution in [1.29, 1.82) is 5.26 Å². The van der Waals surface area contributed by atoms with Crippen LogP contribution in [-0.4, -0.2) is 39.8 Å². The van der Waals surface area contributed by atoms with Gasteiger partial charge >= 0.3 is 0 Å². The highest BCUT2D eigenvalue weighted by atomic mass is 19.1. The molecule has 2 aliphatic rings. The van der Waals surface area contributed by atoms with Crippen LogP contribution in [0.3, 0.4) is 0 Å². The van der Waals surface area contributed by atoms with E-state index in [0.717, 1.165) is 30.8 Å². The van der Waals surface area contributed by atoms with Crippen LogP contribution in [0, 0.1) is 17.1 Å². The summed E-state index contributed by atoms with van der Waals surface area (Å²) in [5.41, 5.74) is 1.81. The number of anilines is 1. The van der Waals surface area contributed by atoms with E-state index < -0.39 is 11.7 Å². The third kappa shape index (κ3) is 2.77. The van der Waals surface area contributed by atoms with E-state index >= 15 is 0 Å². The number of hydrogen-bond donors (Lipinski definition) is 1. The molecule has 8 heteroatoms. The third-order valence-electron chi connectivity index (χ3n) is 4.79. The zero-order valence-electron chi connectivity index (χ0n) is 13.7. The molecule has 0 saturated heterocycles. The molecule has 1 spiro atoms. The summed E-state index contributed by atoms with van der Waals surface area (Å²) in [6, 6.07) is 7.15. The Morgan fingerprint density at radius 2 is 2.08 bits per heavy atom. The van der Waals surface area contributed by atoms with Crippen molar-refractivity contribution in [1.82, 2.24) is 14.9 Å². The number of nitrogens with one attached hydrogen (secondary N) is 1. The Bertz CT molecular complexity index is 947. The summed E-state index contributed by atoms with van der Waals surface area (Å²) in [4.78, 5) is 33.8. The minimum Gasteiger partial charge on any atom is -0.328 e. The molecule has 0 bridgehead atoms. The first-order valence-electron chi connectivity index (χ1n) is 8.12. The molecule has 4 rings (SSSR count). The maximum Gasteiger partial charge on any atom is 0.254 e. The smallest absolute Gasteiger partial charge is 0.254 e. The van der Waals surface area contributed by atoms with Crippen molar-refractivity contribution < 1.29 is 14.0 Å². The van der Waals surface area contributed by atoms with Gasteiger partial charge in [0.15, 0.2) is 5.82 Å². The molecule has 0 unspecified atom stereocenters. The van der Waals surface area contributed by atoms with Crippen molar-refractivity contribution >= 4 is 17.8 Å². The molecular formula is C18H14FN5O2. The van der Waals surface area contributed by atoms with Gasteiger partial charge in [-0.1, -0.05) is 0 Å². The van der Waals surface area contributed by atoms with Crippen LogP contribution in [0.2, 0.25) is 0 Å². The number of fused-ring (bicyclic) bond motifs is 2. The Balaban J connectivity index is 1.53. The van der Waals surface area contributed by atoms with E-state index in [1.807, 2.05) is 0 Å². The normalized spacial score (nSPS) is 16.8. The highest BCUT2D eigenvalue weighted by molar-refractivity contribution is 6.01. The van der Waals surface area contributed by atoms with Gasteiger partial charge in [0.25, 0.3) is 5.91 Å². The summed E-state index contributed by atoms with van der Waals surface area (Å²) in [5, 5.41) is 11.6. The average Bonchev–Trinajstić information content (AvgIpc) is 3.41. The number of aromatic nitrogens is 2. The number of benzene rings is 1. The van der Waals surface area contributed by atoms with Crippen molar-refractivity contribution in [2.75, 3.05) is 18.4 Å². The maximum atomic E-state index is 12.8. The number of nitriles is 1. The molecule has 0 radical (unpaired) electrons. The van der Waals surface area contributed by atoms with Crippen LogP contribution in [-0.2, 0) is 10.2 Å². The van der Waals surface area contributed by atoms with E-state index in [4.69, 9.17) is 5.26 Å². The van der Waals surface area contributed by atoms with Crippen molar-refractivity contribution in [3.63, 3.8) is 0 Å². The molecule has 1 aliphatic heterocycles. The molecule has 1 saturated carbocycles. The molecule has 1 aromatic heterocycles. The fraction of sp³-hybridized carbons (Fsp3) is 0.278. The predicted molar refractivity (Wildman–Crippen MR) is 88.6 cm³/mol. The minimum absolute atomic E-state index is 0.0129. The zero-order chi connectivity index (χ0) is 18.3. The lowest BCUT2D eigenvalue weighted by Gasteiger charge is -2.34. The Morgan fingerprint density at radius 1 is 1.35 bits per heavy atom. The Morgan fingerprint density at radius 3 is 2.73 bits per heavy atom. The molecule has 26 heavy (non-hydrogen) atoms. The van der Waals surface area contributed by atoms with Gasteiger partial charge in [-0.05, 0) is 36.6 Å². The number of carbonyl (C=O) groups is 2. The highest BCUT2D eigenvalue weighted by Gasteiger charge is 2.51. The Hall–Kier alpha value is -3.34. The molecule has 2 aromatic rings. The molecular weight excluding hydrogens is 337 g/mol. The molecule has 7 nitrogen and oxygen atoms in total. The van der Waals surface area contributed by atoms with E-state index in [9.17, 15) is 14.0 Å². The molecule has 1 aromatic carbocycles. The van der Waals surface area contributed by atoms with Crippen LogP contribution in [0.1, 0.15) is 34.3 Å². The van der Waals surface area contributed by atoms with Gasteiger partial charge in [0.05, 0.1) is 24.0 Å². The van der Waals surface area contributed by atoms with Gasteiger partial charge in [0, 0.05) is 17.5 Å². The van der Waals surface area contributed by atoms with Gasteiger partial charge in [0.1, 0.15) is 6.54 Å². The summed E-state index contributed by atoms with van der Waals surface area (Å²) in [7, 11) is 0. The van der Waals surface area contributed by atoms with Crippen molar-refractivity contribution in [3.8, 4) is 6.07 Å². The maximum absolute atomic E-state index is 12.8. The lowest BCUT2D eigenvalue weighted by atomic mass is 9.85. The standard InChI is InChI=1S/C18H14FN5O2/c19-12-7-21-17(22-8-12)23-15(25)9-24-10-18(3-4-18)14-5-11(6-20)1-2-13(14)16(24)26/h1-2,5,7-8H,3-4,9-10H2,(H,21,22,23,25). The first-order chi connectivity index (χ1) is 12.5. The van der Waals surface area contributed by atoms with E-state index in [1.54, 1.807) is 18.2 Å². The molecule has 2 heterocycles. The number of amides is 2. The second-order valence-electron chi connectivity index (χ2n) is 6.59. The summed E-state index contributed by atoms with van der Waals surface area (Å²) in [6.07, 6.45) is 3.75. The molecule has 2 amide bonds. The molecule has 1 fully saturated rings. The van der Waals surface area contributed by atoms with Crippen LogP contribution in [0.5, 0.6) is 0 Å². The zero-order valence-corrected chi connectivity index (χ0v) is 13.7. The largest absolute Gasteiger partial charge is 0.328 e. The number of hydrogen-bond acceptors (Lipinski definition) is 5. The van der Waals surface area contributed by atoms with Crippen molar-refractivity contribution in [3.05, 3.63) is 53.1 Å². The van der Waals surface area contributed by atoms with Gasteiger partial charge < -0.3 is 4.90 Å². The molecule has 1 N–H and O–H groups in total. The average molecular weight is 351 g/mol. The SMILES string of the molecule is N#Cc1ccc2c(c1)C1(CC1)CN(CC(=O)Nc1ncc(F)cn1)C2=O. The van der Waals surface area contributed by atoms with Crippen molar-refractivity contribution in [2.24, 2.45) is 0 Å². The van der Waals surface area contributed by atoms with E-state index in [-0.39, 0.29) is 23.8 Å². The predicted octanol–water partition coefficient (Wildman–Crippen LogP) is 1.61. The molecule has 0 atom stereocenters. The summed E-state index contributed by atoms with van der Waals surface area (Å²) in [5.74, 6) is -1.30. The van der Waals surface area contributed by atoms with Gasteiger partial charge in [0.2, 0.25) is 11.9 Å². The van der Waals surface area contributed by atoms with Crippen LogP contribution in [0.25, 0.3) is 0 Å². The summed E-state index contributed by atoms with van der Waals surface area (Å²) >= 11 is 0. The summed E-state index contributed by atoms with van der Waals surface area (Å²) < 4.78 is 12.8. The number of nitrogens with zero attached hydrogens (tertiary/aromatic N) is 4. The van der Waals surface area contributed by atoms with Crippen LogP contribution < -0.4 is 5.32 Å². The molecule has 130 valence electrons. The monoisotopic (exact) mass is 351 g/mol. The first kappa shape index (κ1) is 16.1. The third-order valence-corrected chi connectivity index (χ3v) is 4.79. The molecule has 1 aliphatic carbocycles. The van der Waals surface area contributed by atoms with Crippen LogP contribution in [0.4, 0.5) is 10.3 Å². The Labute approximate surface area is 148 Å². The fourth-order valence-corrected chi connectivity index (χ4v) is 3.35. The first-order valence-corrected chi connectivity index (χ1v) is 8.12. The van der Waals surface area contributed by atoms with Crippen LogP contribution >= 0.6 is 0 Å². The number of rotatable bonds is 3. The van der Waals surface area contributed by atoms with E-state index in [1.165, 1.54) is 4.90 Å². The number of halogens is 1. The van der Waals surface area contributed by atoms with Gasteiger partial charge in [-0.15, -0.1) is 0 Å². The topological polar surface area (TPSA) is 99.0 Å². The second-order valence-corrected chi connectivity index (χ2v) is 6.59. The van der Waals surface area contributed by atoms with Crippen molar-refractivity contribution in [2.45, 2.75) is 18.3 Å². The minimum atomic E-state index is -0.599. The lowest BCUT2D eigenvalue weighted by Crippen LogP contribution is -2.46. The lowest BCUT2D eigenvalue weighted by molar-refractivity contribution is -0.117. The summed E-state index contributed by atoms with van der Waals surface area (Å²) in [6.45, 7) is 0.298. The van der Waals surface area contributed by atoms with E-state index in [2.05, 4.69) is 21.4 Å². The fourth-order valence-electron chi connectivity index (χ4n) is 3.35.